The van der Waals surface area contributed by atoms with Gasteiger partial charge in [-0.3, -0.25) is 4.99 Å². The van der Waals surface area contributed by atoms with Crippen LogP contribution in [0.15, 0.2) is 41.4 Å². The molecule has 0 saturated heterocycles. The van der Waals surface area contributed by atoms with E-state index in [1.165, 1.54) is 12.8 Å². The summed E-state index contributed by atoms with van der Waals surface area (Å²) in [4.78, 5) is 4.34. The molecule has 2 aromatic rings. The maximum atomic E-state index is 6.32. The molecule has 0 heterocycles. The summed E-state index contributed by atoms with van der Waals surface area (Å²) in [5.41, 5.74) is 2.10. The Morgan fingerprint density at radius 1 is 0.906 bits per heavy atom. The molecule has 176 valence electrons. The number of rotatable bonds is 9. The van der Waals surface area contributed by atoms with Crippen LogP contribution < -0.4 is 29.6 Å². The van der Waals surface area contributed by atoms with Crippen LogP contribution in [-0.2, 0) is 13.1 Å². The van der Waals surface area contributed by atoms with Crippen molar-refractivity contribution in [3.05, 3.63) is 47.5 Å². The van der Waals surface area contributed by atoms with Gasteiger partial charge in [0.1, 0.15) is 0 Å². The molecule has 3 rings (SSSR count). The van der Waals surface area contributed by atoms with Crippen molar-refractivity contribution in [1.82, 2.24) is 10.6 Å². The average Bonchev–Trinajstić information content (AvgIpc) is 3.32. The Balaban J connectivity index is 0.00000363. The molecule has 0 unspecified atom stereocenters. The zero-order valence-corrected chi connectivity index (χ0v) is 21.6. The Hall–Kier alpha value is -2.36. The maximum absolute atomic E-state index is 6.32. The largest absolute Gasteiger partial charge is 0.493 e. The molecule has 0 aromatic heterocycles. The van der Waals surface area contributed by atoms with E-state index in [-0.39, 0.29) is 30.1 Å². The van der Waals surface area contributed by atoms with Crippen LogP contribution in [0.2, 0.25) is 0 Å². The van der Waals surface area contributed by atoms with Crippen molar-refractivity contribution in [1.29, 1.82) is 0 Å². The fraction of sp³-hybridized carbons (Fsp3) is 0.458. The highest BCUT2D eigenvalue weighted by atomic mass is 127. The first-order chi connectivity index (χ1) is 15.2. The van der Waals surface area contributed by atoms with Crippen molar-refractivity contribution in [3.63, 3.8) is 0 Å². The third-order valence-electron chi connectivity index (χ3n) is 5.44. The van der Waals surface area contributed by atoms with E-state index in [2.05, 4.69) is 21.7 Å². The number of nitrogens with zero attached hydrogens (tertiary/aromatic N) is 1. The second-order valence-corrected chi connectivity index (χ2v) is 7.44. The lowest BCUT2D eigenvalue weighted by molar-refractivity contribution is 0.198. The number of para-hydroxylation sites is 1. The SMILES string of the molecule is CN=C(NCc1ccc(OC)c(OC)c1)NCc1cccc(OC)c1OC1CCCC1.I. The molecular formula is C24H34IN3O4. The van der Waals surface area contributed by atoms with Gasteiger partial charge in [-0.15, -0.1) is 24.0 Å². The lowest BCUT2D eigenvalue weighted by Crippen LogP contribution is -2.36. The first kappa shape index (κ1) is 25.9. The van der Waals surface area contributed by atoms with Crippen LogP contribution in [0.5, 0.6) is 23.0 Å². The fourth-order valence-corrected chi connectivity index (χ4v) is 3.74. The highest BCUT2D eigenvalue weighted by Crippen LogP contribution is 2.34. The van der Waals surface area contributed by atoms with Gasteiger partial charge in [0.25, 0.3) is 0 Å². The molecule has 2 N–H and O–H groups in total. The second-order valence-electron chi connectivity index (χ2n) is 7.44. The van der Waals surface area contributed by atoms with E-state index >= 15 is 0 Å². The molecule has 0 atom stereocenters. The van der Waals surface area contributed by atoms with Crippen molar-refractivity contribution >= 4 is 29.9 Å². The number of nitrogens with one attached hydrogen (secondary N) is 2. The van der Waals surface area contributed by atoms with E-state index in [1.807, 2.05) is 30.3 Å². The number of hydrogen-bond acceptors (Lipinski definition) is 5. The number of methoxy groups -OCH3 is 3. The molecule has 0 radical (unpaired) electrons. The van der Waals surface area contributed by atoms with Crippen molar-refractivity contribution in [2.45, 2.75) is 44.9 Å². The Kier molecular flexibility index (Phi) is 10.7. The highest BCUT2D eigenvalue weighted by molar-refractivity contribution is 14.0. The topological polar surface area (TPSA) is 73.3 Å². The van der Waals surface area contributed by atoms with E-state index in [0.29, 0.717) is 30.5 Å². The molecule has 1 saturated carbocycles. The lowest BCUT2D eigenvalue weighted by Gasteiger charge is -2.20. The number of hydrogen-bond donors (Lipinski definition) is 2. The maximum Gasteiger partial charge on any atom is 0.191 e. The molecule has 2 aromatic carbocycles. The summed E-state index contributed by atoms with van der Waals surface area (Å²) in [7, 11) is 6.70. The van der Waals surface area contributed by atoms with Gasteiger partial charge in [-0.25, -0.2) is 0 Å². The number of guanidine groups is 1. The minimum Gasteiger partial charge on any atom is -0.493 e. The standard InChI is InChI=1S/C24H33N3O4.HI/c1-25-24(26-15-17-12-13-20(28-2)22(14-17)30-4)27-16-18-8-7-11-21(29-3)23(18)31-19-9-5-6-10-19;/h7-8,11-14,19H,5-6,9-10,15-16H2,1-4H3,(H2,25,26,27);1H. The quantitative estimate of drug-likeness (QED) is 0.270. The van der Waals surface area contributed by atoms with Crippen molar-refractivity contribution in [2.24, 2.45) is 4.99 Å². The van der Waals surface area contributed by atoms with Gasteiger partial charge in [-0.1, -0.05) is 18.2 Å². The summed E-state index contributed by atoms with van der Waals surface area (Å²) in [6, 6.07) is 11.8. The van der Waals surface area contributed by atoms with Gasteiger partial charge in [-0.05, 0) is 49.4 Å². The summed E-state index contributed by atoms with van der Waals surface area (Å²) >= 11 is 0. The van der Waals surface area contributed by atoms with Crippen molar-refractivity contribution in [2.75, 3.05) is 28.4 Å². The molecule has 1 fully saturated rings. The third-order valence-corrected chi connectivity index (χ3v) is 5.44. The first-order valence-electron chi connectivity index (χ1n) is 10.7. The summed E-state index contributed by atoms with van der Waals surface area (Å²) in [5.74, 6) is 3.69. The smallest absolute Gasteiger partial charge is 0.191 e. The minimum absolute atomic E-state index is 0. The predicted octanol–water partition coefficient (Wildman–Crippen LogP) is 4.52. The highest BCUT2D eigenvalue weighted by Gasteiger charge is 2.20. The average molecular weight is 555 g/mol. The molecule has 7 nitrogen and oxygen atoms in total. The van der Waals surface area contributed by atoms with E-state index in [4.69, 9.17) is 18.9 Å². The van der Waals surface area contributed by atoms with Crippen LogP contribution >= 0.6 is 24.0 Å². The zero-order chi connectivity index (χ0) is 22.1. The molecule has 0 amide bonds. The normalized spacial score (nSPS) is 13.8. The van der Waals surface area contributed by atoms with Gasteiger partial charge < -0.3 is 29.6 Å². The first-order valence-corrected chi connectivity index (χ1v) is 10.7. The van der Waals surface area contributed by atoms with Gasteiger partial charge in [0.05, 0.1) is 27.4 Å². The van der Waals surface area contributed by atoms with Gasteiger partial charge in [0.2, 0.25) is 0 Å². The van der Waals surface area contributed by atoms with E-state index in [1.54, 1.807) is 28.4 Å². The minimum atomic E-state index is 0. The molecular weight excluding hydrogens is 521 g/mol. The molecule has 8 heteroatoms. The molecule has 1 aliphatic carbocycles. The van der Waals surface area contributed by atoms with Crippen molar-refractivity contribution < 1.29 is 18.9 Å². The van der Waals surface area contributed by atoms with Crippen LogP contribution in [0.25, 0.3) is 0 Å². The summed E-state index contributed by atoms with van der Waals surface area (Å²) in [6.07, 6.45) is 4.90. The van der Waals surface area contributed by atoms with Gasteiger partial charge in [0, 0.05) is 25.7 Å². The molecule has 0 bridgehead atoms. The second kappa shape index (κ2) is 13.2. The number of benzene rings is 2. The Morgan fingerprint density at radius 3 is 2.25 bits per heavy atom. The van der Waals surface area contributed by atoms with Gasteiger partial charge >= 0.3 is 0 Å². The molecule has 0 spiro atoms. The fourth-order valence-electron chi connectivity index (χ4n) is 3.74. The predicted molar refractivity (Wildman–Crippen MR) is 138 cm³/mol. The van der Waals surface area contributed by atoms with E-state index in [9.17, 15) is 0 Å². The number of aliphatic imine (C=N–C) groups is 1. The molecule has 32 heavy (non-hydrogen) atoms. The lowest BCUT2D eigenvalue weighted by atomic mass is 10.1. The number of ether oxygens (including phenoxy) is 4. The van der Waals surface area contributed by atoms with Crippen molar-refractivity contribution in [3.8, 4) is 23.0 Å². The van der Waals surface area contributed by atoms with Crippen LogP contribution in [0.1, 0.15) is 36.8 Å². The third kappa shape index (κ3) is 6.82. The number of halogens is 1. The monoisotopic (exact) mass is 555 g/mol. The van der Waals surface area contributed by atoms with Crippen LogP contribution in [-0.4, -0.2) is 40.4 Å². The van der Waals surface area contributed by atoms with Gasteiger partial charge in [0.15, 0.2) is 29.0 Å². The van der Waals surface area contributed by atoms with E-state index in [0.717, 1.165) is 35.5 Å². The Bertz CT molecular complexity index is 886. The summed E-state index contributed by atoms with van der Waals surface area (Å²) in [5, 5.41) is 6.71. The van der Waals surface area contributed by atoms with Crippen LogP contribution in [0.3, 0.4) is 0 Å². The summed E-state index contributed by atoms with van der Waals surface area (Å²) in [6.45, 7) is 1.18. The zero-order valence-electron chi connectivity index (χ0n) is 19.3. The Labute approximate surface area is 207 Å². The molecule has 1 aliphatic rings. The van der Waals surface area contributed by atoms with Crippen LogP contribution in [0.4, 0.5) is 0 Å². The van der Waals surface area contributed by atoms with Crippen LogP contribution in [0, 0.1) is 0 Å². The van der Waals surface area contributed by atoms with Gasteiger partial charge in [-0.2, -0.15) is 0 Å². The Morgan fingerprint density at radius 2 is 1.59 bits per heavy atom. The molecule has 0 aliphatic heterocycles. The summed E-state index contributed by atoms with van der Waals surface area (Å²) < 4.78 is 22.6. The van der Waals surface area contributed by atoms with E-state index < -0.39 is 0 Å².